The van der Waals surface area contributed by atoms with Crippen LogP contribution in [0, 0.1) is 0 Å². The van der Waals surface area contributed by atoms with Crippen molar-refractivity contribution in [3.05, 3.63) is 35.9 Å². The molecule has 0 spiro atoms. The minimum Gasteiger partial charge on any atom is -0.347 e. The van der Waals surface area contributed by atoms with Gasteiger partial charge in [-0.1, -0.05) is 6.07 Å². The highest BCUT2D eigenvalue weighted by atomic mass is 16.1. The molecule has 1 aliphatic rings. The van der Waals surface area contributed by atoms with E-state index in [2.05, 4.69) is 30.2 Å². The normalized spacial score (nSPS) is 13.8. The largest absolute Gasteiger partial charge is 0.347 e. The first-order valence-corrected chi connectivity index (χ1v) is 8.00. The predicted molar refractivity (Wildman–Crippen MR) is 91.0 cm³/mol. The molecule has 0 aromatic carbocycles. The second-order valence-electron chi connectivity index (χ2n) is 5.84. The van der Waals surface area contributed by atoms with Crippen LogP contribution < -0.4 is 15.1 Å². The lowest BCUT2D eigenvalue weighted by Crippen LogP contribution is -2.28. The van der Waals surface area contributed by atoms with Crippen LogP contribution in [-0.4, -0.2) is 53.0 Å². The zero-order chi connectivity index (χ0) is 16.9. The van der Waals surface area contributed by atoms with Crippen molar-refractivity contribution in [1.29, 1.82) is 0 Å². The molecule has 3 rings (SSSR count). The summed E-state index contributed by atoms with van der Waals surface area (Å²) in [7, 11) is 3.78. The molecule has 0 bridgehead atoms. The van der Waals surface area contributed by atoms with Crippen molar-refractivity contribution in [3.8, 4) is 0 Å². The minimum atomic E-state index is -0.245. The molecular weight excluding hydrogens is 306 g/mol. The van der Waals surface area contributed by atoms with Gasteiger partial charge in [-0.2, -0.15) is 15.0 Å². The molecule has 1 aliphatic heterocycles. The highest BCUT2D eigenvalue weighted by Crippen LogP contribution is 2.17. The average Bonchev–Trinajstić information content (AvgIpc) is 3.15. The average molecular weight is 327 g/mol. The SMILES string of the molecule is CN(C)c1nc(CNC(=O)c2ccccn2)nc(N2CCCC2)n1. The second-order valence-corrected chi connectivity index (χ2v) is 5.84. The topological polar surface area (TPSA) is 87.1 Å². The Bertz CT molecular complexity index is 699. The first-order valence-electron chi connectivity index (χ1n) is 8.00. The molecule has 3 heterocycles. The van der Waals surface area contributed by atoms with E-state index < -0.39 is 0 Å². The van der Waals surface area contributed by atoms with Gasteiger partial charge in [-0.15, -0.1) is 0 Å². The van der Waals surface area contributed by atoms with Gasteiger partial charge in [0, 0.05) is 33.4 Å². The zero-order valence-corrected chi connectivity index (χ0v) is 13.9. The van der Waals surface area contributed by atoms with E-state index in [1.165, 1.54) is 0 Å². The molecular formula is C16H21N7O. The van der Waals surface area contributed by atoms with Crippen molar-refractivity contribution >= 4 is 17.8 Å². The van der Waals surface area contributed by atoms with Crippen molar-refractivity contribution in [3.63, 3.8) is 0 Å². The van der Waals surface area contributed by atoms with Crippen LogP contribution in [0.4, 0.5) is 11.9 Å². The summed E-state index contributed by atoms with van der Waals surface area (Å²) in [5.74, 6) is 1.56. The Morgan fingerprint density at radius 3 is 2.67 bits per heavy atom. The summed E-state index contributed by atoms with van der Waals surface area (Å²) in [5, 5.41) is 2.81. The molecule has 126 valence electrons. The van der Waals surface area contributed by atoms with E-state index in [1.807, 2.05) is 19.0 Å². The highest BCUT2D eigenvalue weighted by molar-refractivity contribution is 5.92. The van der Waals surface area contributed by atoms with E-state index in [4.69, 9.17) is 0 Å². The fourth-order valence-corrected chi connectivity index (χ4v) is 2.48. The number of carbonyl (C=O) groups is 1. The maximum atomic E-state index is 12.1. The van der Waals surface area contributed by atoms with Crippen molar-refractivity contribution in [2.24, 2.45) is 0 Å². The molecule has 0 atom stereocenters. The van der Waals surface area contributed by atoms with Crippen LogP contribution in [0.1, 0.15) is 29.2 Å². The number of nitrogens with one attached hydrogen (secondary N) is 1. The van der Waals surface area contributed by atoms with E-state index in [-0.39, 0.29) is 12.5 Å². The van der Waals surface area contributed by atoms with Gasteiger partial charge in [0.05, 0.1) is 6.54 Å². The van der Waals surface area contributed by atoms with Gasteiger partial charge in [-0.25, -0.2) is 0 Å². The Morgan fingerprint density at radius 2 is 2.00 bits per heavy atom. The Morgan fingerprint density at radius 1 is 1.21 bits per heavy atom. The Labute approximate surface area is 141 Å². The number of carbonyl (C=O) groups excluding carboxylic acids is 1. The first-order chi connectivity index (χ1) is 11.6. The molecule has 24 heavy (non-hydrogen) atoms. The van der Waals surface area contributed by atoms with Crippen LogP contribution in [0.5, 0.6) is 0 Å². The first kappa shape index (κ1) is 16.1. The van der Waals surface area contributed by atoms with Gasteiger partial charge in [-0.3, -0.25) is 9.78 Å². The number of hydrogen-bond donors (Lipinski definition) is 1. The van der Waals surface area contributed by atoms with Gasteiger partial charge in [-0.05, 0) is 25.0 Å². The van der Waals surface area contributed by atoms with E-state index in [0.29, 0.717) is 23.4 Å². The van der Waals surface area contributed by atoms with Gasteiger partial charge < -0.3 is 15.1 Å². The molecule has 0 saturated carbocycles. The summed E-state index contributed by atoms with van der Waals surface area (Å²) in [5.41, 5.74) is 0.374. The minimum absolute atomic E-state index is 0.236. The van der Waals surface area contributed by atoms with E-state index >= 15 is 0 Å². The number of nitrogens with zero attached hydrogens (tertiary/aromatic N) is 6. The maximum Gasteiger partial charge on any atom is 0.270 e. The van der Waals surface area contributed by atoms with Gasteiger partial charge in [0.2, 0.25) is 11.9 Å². The zero-order valence-electron chi connectivity index (χ0n) is 13.9. The standard InChI is InChI=1S/C16H21N7O/c1-22(2)15-19-13(20-16(21-15)23-9-5-6-10-23)11-18-14(24)12-7-3-4-8-17-12/h3-4,7-8H,5-6,9-11H2,1-2H3,(H,18,24). The Kier molecular flexibility index (Phi) is 4.83. The van der Waals surface area contributed by atoms with Gasteiger partial charge in [0.25, 0.3) is 5.91 Å². The fourth-order valence-electron chi connectivity index (χ4n) is 2.48. The van der Waals surface area contributed by atoms with Crippen LogP contribution in [0.25, 0.3) is 0 Å². The molecule has 0 radical (unpaired) electrons. The summed E-state index contributed by atoms with van der Waals surface area (Å²) in [4.78, 5) is 33.6. The highest BCUT2D eigenvalue weighted by Gasteiger charge is 2.18. The molecule has 8 heteroatoms. The molecule has 2 aromatic heterocycles. The van der Waals surface area contributed by atoms with Crippen LogP contribution in [0.2, 0.25) is 0 Å². The molecule has 8 nitrogen and oxygen atoms in total. The van der Waals surface area contributed by atoms with Gasteiger partial charge in [0.15, 0.2) is 5.82 Å². The lowest BCUT2D eigenvalue weighted by molar-refractivity contribution is 0.0945. The molecule has 0 unspecified atom stereocenters. The number of rotatable bonds is 5. The lowest BCUT2D eigenvalue weighted by Gasteiger charge is -2.18. The monoisotopic (exact) mass is 327 g/mol. The molecule has 1 amide bonds. The second kappa shape index (κ2) is 7.20. The fraction of sp³-hybridized carbons (Fsp3) is 0.438. The number of pyridine rings is 1. The summed E-state index contributed by atoms with van der Waals surface area (Å²) in [6, 6.07) is 5.22. The smallest absolute Gasteiger partial charge is 0.270 e. The van der Waals surface area contributed by atoms with Crippen molar-refractivity contribution in [2.75, 3.05) is 37.0 Å². The van der Waals surface area contributed by atoms with Crippen LogP contribution in [0.3, 0.4) is 0 Å². The van der Waals surface area contributed by atoms with Crippen molar-refractivity contribution in [1.82, 2.24) is 25.3 Å². The Hall–Kier alpha value is -2.77. The maximum absolute atomic E-state index is 12.1. The van der Waals surface area contributed by atoms with Crippen molar-refractivity contribution < 1.29 is 4.79 Å². The third-order valence-corrected chi connectivity index (χ3v) is 3.75. The molecule has 2 aromatic rings. The molecule has 1 saturated heterocycles. The molecule has 0 aliphatic carbocycles. The van der Waals surface area contributed by atoms with E-state index in [9.17, 15) is 4.79 Å². The lowest BCUT2D eigenvalue weighted by atomic mass is 10.3. The molecule has 1 N–H and O–H groups in total. The summed E-state index contributed by atoms with van der Waals surface area (Å²) < 4.78 is 0. The van der Waals surface area contributed by atoms with Crippen molar-refractivity contribution in [2.45, 2.75) is 19.4 Å². The quantitative estimate of drug-likeness (QED) is 0.871. The number of amides is 1. The summed E-state index contributed by atoms with van der Waals surface area (Å²) in [6.45, 7) is 2.15. The summed E-state index contributed by atoms with van der Waals surface area (Å²) in [6.07, 6.45) is 3.89. The van der Waals surface area contributed by atoms with Crippen LogP contribution in [-0.2, 0) is 6.54 Å². The number of anilines is 2. The van der Waals surface area contributed by atoms with E-state index in [0.717, 1.165) is 25.9 Å². The summed E-state index contributed by atoms with van der Waals surface area (Å²) >= 11 is 0. The third-order valence-electron chi connectivity index (χ3n) is 3.75. The van der Waals surface area contributed by atoms with E-state index in [1.54, 1.807) is 24.4 Å². The van der Waals surface area contributed by atoms with Gasteiger partial charge >= 0.3 is 0 Å². The van der Waals surface area contributed by atoms with Crippen LogP contribution >= 0.6 is 0 Å². The molecule has 1 fully saturated rings. The third kappa shape index (κ3) is 3.76. The number of aromatic nitrogens is 4. The predicted octanol–water partition coefficient (Wildman–Crippen LogP) is 0.863. The van der Waals surface area contributed by atoms with Crippen LogP contribution in [0.15, 0.2) is 24.4 Å². The number of hydrogen-bond acceptors (Lipinski definition) is 7. The van der Waals surface area contributed by atoms with Gasteiger partial charge in [0.1, 0.15) is 5.69 Å². The Balaban J connectivity index is 1.75.